The van der Waals surface area contributed by atoms with Gasteiger partial charge in [0, 0.05) is 11.3 Å². The quantitative estimate of drug-likeness (QED) is 0.492. The molecule has 3 aromatic rings. The third-order valence-corrected chi connectivity index (χ3v) is 4.26. The van der Waals surface area contributed by atoms with E-state index in [4.69, 9.17) is 5.41 Å². The van der Waals surface area contributed by atoms with Gasteiger partial charge in [0.15, 0.2) is 0 Å². The van der Waals surface area contributed by atoms with Gasteiger partial charge in [-0.3, -0.25) is 4.79 Å². The van der Waals surface area contributed by atoms with Gasteiger partial charge in [-0.25, -0.2) is 4.98 Å². The zero-order chi connectivity index (χ0) is 20.3. The van der Waals surface area contributed by atoms with Crippen LogP contribution in [0.25, 0.3) is 11.0 Å². The highest BCUT2D eigenvalue weighted by molar-refractivity contribution is 5.97. The number of allylic oxidation sites excluding steroid dienone is 1. The Bertz CT molecular complexity index is 1010. The molecule has 0 fully saturated rings. The fourth-order valence-corrected chi connectivity index (χ4v) is 2.78. The van der Waals surface area contributed by atoms with Crippen molar-refractivity contribution in [2.75, 3.05) is 5.32 Å². The molecule has 0 saturated carbocycles. The molecule has 0 radical (unpaired) electrons. The number of para-hydroxylation sites is 2. The second-order valence-electron chi connectivity index (χ2n) is 7.75. The number of amides is 1. The van der Waals surface area contributed by atoms with Gasteiger partial charge in [-0.05, 0) is 48.2 Å². The van der Waals surface area contributed by atoms with Gasteiger partial charge in [0.05, 0.1) is 11.0 Å². The van der Waals surface area contributed by atoms with E-state index < -0.39 is 0 Å². The van der Waals surface area contributed by atoms with E-state index in [1.165, 1.54) is 0 Å². The number of nitrogens with zero attached hydrogens (tertiary/aromatic N) is 1. The Kier molecular flexibility index (Phi) is 5.31. The lowest BCUT2D eigenvalue weighted by molar-refractivity contribution is 0.0966. The van der Waals surface area contributed by atoms with Gasteiger partial charge in [-0.1, -0.05) is 45.0 Å². The predicted molar refractivity (Wildman–Crippen MR) is 114 cm³/mol. The first kappa shape index (κ1) is 19.4. The van der Waals surface area contributed by atoms with Gasteiger partial charge in [0.1, 0.15) is 5.82 Å². The van der Waals surface area contributed by atoms with Crippen molar-refractivity contribution in [1.29, 1.82) is 5.41 Å². The van der Waals surface area contributed by atoms with Crippen LogP contribution in [0.2, 0.25) is 0 Å². The van der Waals surface area contributed by atoms with Gasteiger partial charge in [-0.15, -0.1) is 0 Å². The van der Waals surface area contributed by atoms with E-state index in [-0.39, 0.29) is 11.3 Å². The smallest absolute Gasteiger partial charge is 0.256 e. The summed E-state index contributed by atoms with van der Waals surface area (Å²) in [6.45, 7) is 8.04. The first-order chi connectivity index (χ1) is 13.2. The van der Waals surface area contributed by atoms with Crippen LogP contribution in [0.3, 0.4) is 0 Å². The Morgan fingerprint density at radius 1 is 1.11 bits per heavy atom. The molecule has 1 heterocycles. The van der Waals surface area contributed by atoms with Crippen LogP contribution in [0, 0.1) is 5.41 Å². The molecule has 1 amide bonds. The number of aromatic amines is 1. The summed E-state index contributed by atoms with van der Waals surface area (Å²) in [7, 11) is 0. The molecule has 6 nitrogen and oxygen atoms in total. The van der Waals surface area contributed by atoms with Crippen LogP contribution in [-0.2, 0) is 5.41 Å². The van der Waals surface area contributed by atoms with Gasteiger partial charge in [0.2, 0.25) is 5.95 Å². The van der Waals surface area contributed by atoms with Crippen LogP contribution in [-0.4, -0.2) is 21.6 Å². The fraction of sp³-hybridized carbons (Fsp3) is 0.227. The molecular weight excluding hydrogens is 350 g/mol. The van der Waals surface area contributed by atoms with E-state index in [9.17, 15) is 4.79 Å². The molecule has 1 aromatic heterocycles. The molecule has 0 unspecified atom stereocenters. The van der Waals surface area contributed by atoms with Crippen molar-refractivity contribution in [3.63, 3.8) is 0 Å². The molecule has 4 N–H and O–H groups in total. The Morgan fingerprint density at radius 3 is 2.39 bits per heavy atom. The van der Waals surface area contributed by atoms with Crippen molar-refractivity contribution in [3.05, 3.63) is 71.6 Å². The molecule has 0 bridgehead atoms. The van der Waals surface area contributed by atoms with Crippen molar-refractivity contribution >= 4 is 28.6 Å². The molecule has 0 aliphatic carbocycles. The molecule has 0 aliphatic heterocycles. The number of imidazole rings is 1. The number of hydrogen-bond acceptors (Lipinski definition) is 4. The summed E-state index contributed by atoms with van der Waals surface area (Å²) in [5, 5.41) is 13.6. The molecule has 0 aliphatic rings. The van der Waals surface area contributed by atoms with Crippen LogP contribution in [0.15, 0.2) is 60.4 Å². The van der Waals surface area contributed by atoms with Gasteiger partial charge < -0.3 is 21.0 Å². The molecule has 28 heavy (non-hydrogen) atoms. The molecule has 6 heteroatoms. The van der Waals surface area contributed by atoms with E-state index in [0.717, 1.165) is 16.6 Å². The zero-order valence-electron chi connectivity index (χ0n) is 16.6. The summed E-state index contributed by atoms with van der Waals surface area (Å²) in [5.74, 6) is 0.630. The Hall–Kier alpha value is -3.41. The number of H-pyrrole nitrogens is 1. The minimum atomic E-state index is -0.253. The number of carbonyl (C=O) groups excluding carboxylic acids is 1. The summed E-state index contributed by atoms with van der Waals surface area (Å²) >= 11 is 0. The van der Waals surface area contributed by atoms with E-state index in [0.29, 0.717) is 23.0 Å². The number of rotatable bonds is 5. The van der Waals surface area contributed by atoms with E-state index in [2.05, 4.69) is 41.4 Å². The lowest BCUT2D eigenvalue weighted by atomic mass is 9.87. The van der Waals surface area contributed by atoms with Crippen molar-refractivity contribution in [2.45, 2.75) is 33.1 Å². The number of hydrogen-bond donors (Lipinski definition) is 4. The van der Waals surface area contributed by atoms with E-state index in [1.807, 2.05) is 48.5 Å². The standard InChI is InChI=1S/C22H25N5O/c1-14(23)13-19(27-21-24-17-7-5-6-8-18(17)25-21)26-20(28)15-9-11-16(12-10-15)22(2,3)4/h5-13,23H,1-4H3,(H,26,28)(H2,24,25,27)/b19-13-,23-14?. The fourth-order valence-electron chi connectivity index (χ4n) is 2.78. The highest BCUT2D eigenvalue weighted by Crippen LogP contribution is 2.22. The van der Waals surface area contributed by atoms with Crippen molar-refractivity contribution in [1.82, 2.24) is 15.3 Å². The average Bonchev–Trinajstić information content (AvgIpc) is 3.02. The van der Waals surface area contributed by atoms with Crippen LogP contribution in [0.5, 0.6) is 0 Å². The molecule has 0 atom stereocenters. The summed E-state index contributed by atoms with van der Waals surface area (Å²) in [5.41, 5.74) is 3.76. The highest BCUT2D eigenvalue weighted by atomic mass is 16.1. The molecule has 0 spiro atoms. The minimum absolute atomic E-state index is 0.0280. The summed E-state index contributed by atoms with van der Waals surface area (Å²) in [6.07, 6.45) is 1.55. The van der Waals surface area contributed by atoms with Gasteiger partial charge in [-0.2, -0.15) is 0 Å². The first-order valence-electron chi connectivity index (χ1n) is 9.13. The number of fused-ring (bicyclic) bond motifs is 1. The average molecular weight is 375 g/mol. The van der Waals surface area contributed by atoms with Gasteiger partial charge >= 0.3 is 0 Å². The number of carbonyl (C=O) groups is 1. The molecular formula is C22H25N5O. The summed E-state index contributed by atoms with van der Waals surface area (Å²) in [4.78, 5) is 20.3. The SMILES string of the molecule is CC(=N)/C=C(/NC(=O)c1ccc(C(C)(C)C)cc1)Nc1nc2ccccc2[nH]1. The Morgan fingerprint density at radius 2 is 1.79 bits per heavy atom. The Balaban J connectivity index is 1.78. The molecule has 3 rings (SSSR count). The van der Waals surface area contributed by atoms with Crippen LogP contribution in [0.4, 0.5) is 5.95 Å². The van der Waals surface area contributed by atoms with Crippen molar-refractivity contribution in [2.24, 2.45) is 0 Å². The van der Waals surface area contributed by atoms with E-state index >= 15 is 0 Å². The lowest BCUT2D eigenvalue weighted by Gasteiger charge is -2.19. The maximum absolute atomic E-state index is 12.7. The summed E-state index contributed by atoms with van der Waals surface area (Å²) < 4.78 is 0. The highest BCUT2D eigenvalue weighted by Gasteiger charge is 2.15. The van der Waals surface area contributed by atoms with Crippen LogP contribution < -0.4 is 10.6 Å². The van der Waals surface area contributed by atoms with Crippen LogP contribution in [0.1, 0.15) is 43.6 Å². The third-order valence-electron chi connectivity index (χ3n) is 4.26. The molecule has 0 saturated heterocycles. The lowest BCUT2D eigenvalue weighted by Crippen LogP contribution is -2.28. The number of aromatic nitrogens is 2. The first-order valence-corrected chi connectivity index (χ1v) is 9.13. The maximum atomic E-state index is 12.7. The maximum Gasteiger partial charge on any atom is 0.256 e. The second-order valence-corrected chi connectivity index (χ2v) is 7.75. The van der Waals surface area contributed by atoms with Gasteiger partial charge in [0.25, 0.3) is 5.91 Å². The second kappa shape index (κ2) is 7.68. The number of anilines is 1. The van der Waals surface area contributed by atoms with Crippen LogP contribution >= 0.6 is 0 Å². The van der Waals surface area contributed by atoms with Crippen molar-refractivity contribution < 1.29 is 4.79 Å². The number of nitrogens with one attached hydrogen (secondary N) is 4. The predicted octanol–water partition coefficient (Wildman–Crippen LogP) is 4.58. The summed E-state index contributed by atoms with van der Waals surface area (Å²) in [6, 6.07) is 15.2. The zero-order valence-corrected chi connectivity index (χ0v) is 16.6. The number of benzene rings is 2. The van der Waals surface area contributed by atoms with Crippen molar-refractivity contribution in [3.8, 4) is 0 Å². The largest absolute Gasteiger partial charge is 0.324 e. The Labute approximate surface area is 164 Å². The normalized spacial score (nSPS) is 12.1. The third kappa shape index (κ3) is 4.65. The molecule has 144 valence electrons. The van der Waals surface area contributed by atoms with E-state index in [1.54, 1.807) is 13.0 Å². The minimum Gasteiger partial charge on any atom is -0.324 e. The monoisotopic (exact) mass is 375 g/mol. The molecule has 2 aromatic carbocycles. The topological polar surface area (TPSA) is 93.7 Å².